The Labute approximate surface area is 197 Å². The van der Waals surface area contributed by atoms with Gasteiger partial charge in [-0.2, -0.15) is 5.10 Å². The van der Waals surface area contributed by atoms with Gasteiger partial charge in [-0.15, -0.1) is 11.3 Å². The molecule has 6 nitrogen and oxygen atoms in total. The summed E-state index contributed by atoms with van der Waals surface area (Å²) in [6.45, 7) is 10.5. The summed E-state index contributed by atoms with van der Waals surface area (Å²) in [6, 6.07) is 18.0. The van der Waals surface area contributed by atoms with E-state index in [0.717, 1.165) is 22.6 Å². The van der Waals surface area contributed by atoms with Crippen molar-refractivity contribution in [3.8, 4) is 5.69 Å². The number of aromatic nitrogens is 3. The maximum atomic E-state index is 13.2. The molecular weight excluding hydrogens is 430 g/mol. The summed E-state index contributed by atoms with van der Waals surface area (Å²) in [5.41, 5.74) is 5.23. The molecule has 0 N–H and O–H groups in total. The summed E-state index contributed by atoms with van der Waals surface area (Å²) < 4.78 is 5.25. The number of benzene rings is 2. The lowest BCUT2D eigenvalue weighted by Crippen LogP contribution is -2.19. The van der Waals surface area contributed by atoms with Gasteiger partial charge in [0.2, 0.25) is 4.80 Å². The van der Waals surface area contributed by atoms with Gasteiger partial charge in [0, 0.05) is 12.4 Å². The number of aryl methyl sites for hydroxylation is 1. The minimum atomic E-state index is -0.152. The predicted molar refractivity (Wildman–Crippen MR) is 136 cm³/mol. The molecule has 4 aromatic rings. The molecular formula is C26H29N5OS. The lowest BCUT2D eigenvalue weighted by molar-refractivity contribution is 0.590. The molecule has 0 aliphatic rings. The third-order valence-corrected chi connectivity index (χ3v) is 6.61. The maximum absolute atomic E-state index is 13.2. The molecule has 2 aromatic heterocycles. The van der Waals surface area contributed by atoms with Gasteiger partial charge in [-0.25, -0.2) is 14.4 Å². The highest BCUT2D eigenvalue weighted by atomic mass is 32.1. The predicted octanol–water partition coefficient (Wildman–Crippen LogP) is 5.07. The zero-order valence-electron chi connectivity index (χ0n) is 19.9. The van der Waals surface area contributed by atoms with Crippen LogP contribution < -0.4 is 10.4 Å². The van der Waals surface area contributed by atoms with Gasteiger partial charge in [0.05, 0.1) is 23.3 Å². The second kappa shape index (κ2) is 8.83. The molecule has 170 valence electrons. The quantitative estimate of drug-likeness (QED) is 0.393. The Hall–Kier alpha value is -3.45. The third kappa shape index (κ3) is 4.54. The Bertz CT molecular complexity index is 1430. The van der Waals surface area contributed by atoms with Crippen LogP contribution in [0.15, 0.2) is 74.9 Å². The number of thiazole rings is 1. The van der Waals surface area contributed by atoms with Crippen LogP contribution in [0.25, 0.3) is 5.69 Å². The van der Waals surface area contributed by atoms with Crippen LogP contribution in [0.5, 0.6) is 0 Å². The Morgan fingerprint density at radius 3 is 2.27 bits per heavy atom. The van der Waals surface area contributed by atoms with Crippen molar-refractivity contribution in [2.75, 3.05) is 0 Å². The zero-order valence-corrected chi connectivity index (χ0v) is 20.7. The molecule has 0 saturated heterocycles. The molecule has 4 rings (SSSR count). The van der Waals surface area contributed by atoms with Crippen LogP contribution in [0.1, 0.15) is 43.3 Å². The van der Waals surface area contributed by atoms with Crippen LogP contribution >= 0.6 is 11.3 Å². The standard InChI is InChI=1S/C26H29N5OS/c1-18-17-33-25(30(18)27-16-20-12-14-21(15-13-20)26(3,4)5)28-23-19(2)29(6)31(24(23)32)22-10-8-7-9-11-22/h7-17H,1-6H3. The number of nitrogens with zero attached hydrogens (tertiary/aromatic N) is 5. The van der Waals surface area contributed by atoms with E-state index in [1.165, 1.54) is 16.9 Å². The largest absolute Gasteiger partial charge is 0.297 e. The van der Waals surface area contributed by atoms with Crippen LogP contribution in [-0.2, 0) is 12.5 Å². The Balaban J connectivity index is 1.74. The van der Waals surface area contributed by atoms with Crippen LogP contribution in [0, 0.1) is 13.8 Å². The Morgan fingerprint density at radius 1 is 0.970 bits per heavy atom. The highest BCUT2D eigenvalue weighted by Gasteiger charge is 2.16. The minimum absolute atomic E-state index is 0.112. The second-order valence-corrected chi connectivity index (χ2v) is 9.95. The van der Waals surface area contributed by atoms with E-state index in [1.54, 1.807) is 9.36 Å². The van der Waals surface area contributed by atoms with E-state index >= 15 is 0 Å². The van der Waals surface area contributed by atoms with Crippen LogP contribution in [0.3, 0.4) is 0 Å². The summed E-state index contributed by atoms with van der Waals surface area (Å²) in [4.78, 5) is 18.6. The van der Waals surface area contributed by atoms with E-state index in [-0.39, 0.29) is 11.0 Å². The van der Waals surface area contributed by atoms with Gasteiger partial charge in [0.1, 0.15) is 0 Å². The highest BCUT2D eigenvalue weighted by molar-refractivity contribution is 7.07. The molecule has 0 atom stereocenters. The average molecular weight is 460 g/mol. The van der Waals surface area contributed by atoms with Crippen LogP contribution in [0.2, 0.25) is 0 Å². The number of para-hydroxylation sites is 1. The second-order valence-electron chi connectivity index (χ2n) is 9.11. The first-order valence-electron chi connectivity index (χ1n) is 10.9. The van der Waals surface area contributed by atoms with Gasteiger partial charge in [0.25, 0.3) is 5.56 Å². The number of hydrogen-bond acceptors (Lipinski definition) is 4. The van der Waals surface area contributed by atoms with E-state index in [2.05, 4.69) is 50.1 Å². The molecule has 0 radical (unpaired) electrons. The number of hydrogen-bond donors (Lipinski definition) is 0. The summed E-state index contributed by atoms with van der Waals surface area (Å²) in [5, 5.41) is 6.66. The van der Waals surface area contributed by atoms with Gasteiger partial charge in [-0.05, 0) is 42.5 Å². The molecule has 0 bridgehead atoms. The summed E-state index contributed by atoms with van der Waals surface area (Å²) in [7, 11) is 1.87. The van der Waals surface area contributed by atoms with Crippen LogP contribution in [-0.4, -0.2) is 20.3 Å². The van der Waals surface area contributed by atoms with Crippen molar-refractivity contribution in [3.05, 3.63) is 97.6 Å². The fraction of sp³-hybridized carbons (Fsp3) is 0.269. The minimum Gasteiger partial charge on any atom is -0.283 e. The average Bonchev–Trinajstić information content (AvgIpc) is 3.24. The first-order valence-corrected chi connectivity index (χ1v) is 11.8. The van der Waals surface area contributed by atoms with Crippen molar-refractivity contribution in [3.63, 3.8) is 0 Å². The van der Waals surface area contributed by atoms with E-state index < -0.39 is 0 Å². The molecule has 0 unspecified atom stereocenters. The molecule has 0 fully saturated rings. The van der Waals surface area contributed by atoms with Gasteiger partial charge in [-0.1, -0.05) is 63.2 Å². The van der Waals surface area contributed by atoms with Crippen molar-refractivity contribution >= 4 is 23.2 Å². The monoisotopic (exact) mass is 459 g/mol. The van der Waals surface area contributed by atoms with Crippen molar-refractivity contribution in [2.45, 2.75) is 40.0 Å². The first kappa shape index (κ1) is 22.7. The van der Waals surface area contributed by atoms with Crippen molar-refractivity contribution in [2.24, 2.45) is 17.1 Å². The maximum Gasteiger partial charge on any atom is 0.297 e. The smallest absolute Gasteiger partial charge is 0.283 e. The first-order chi connectivity index (χ1) is 15.7. The lowest BCUT2D eigenvalue weighted by Gasteiger charge is -2.18. The van der Waals surface area contributed by atoms with E-state index in [1.807, 2.05) is 67.5 Å². The zero-order chi connectivity index (χ0) is 23.8. The van der Waals surface area contributed by atoms with Crippen molar-refractivity contribution in [1.82, 2.24) is 14.0 Å². The van der Waals surface area contributed by atoms with E-state index in [0.29, 0.717) is 10.5 Å². The molecule has 0 saturated carbocycles. The van der Waals surface area contributed by atoms with Gasteiger partial charge in [0.15, 0.2) is 5.69 Å². The van der Waals surface area contributed by atoms with Crippen molar-refractivity contribution in [1.29, 1.82) is 0 Å². The molecule has 0 spiro atoms. The van der Waals surface area contributed by atoms with Crippen LogP contribution in [0.4, 0.5) is 5.69 Å². The Morgan fingerprint density at radius 2 is 1.64 bits per heavy atom. The summed E-state index contributed by atoms with van der Waals surface area (Å²) in [5.74, 6) is 0. The summed E-state index contributed by atoms with van der Waals surface area (Å²) >= 11 is 1.47. The molecule has 33 heavy (non-hydrogen) atoms. The fourth-order valence-corrected chi connectivity index (χ4v) is 4.39. The molecule has 2 aromatic carbocycles. The SMILES string of the molecule is Cc1csc(=Nc2c(C)n(C)n(-c3ccccc3)c2=O)n1N=Cc1ccc(C(C)(C)C)cc1. The van der Waals surface area contributed by atoms with Gasteiger partial charge >= 0.3 is 0 Å². The number of rotatable bonds is 4. The molecule has 0 amide bonds. The van der Waals surface area contributed by atoms with Crippen molar-refractivity contribution < 1.29 is 0 Å². The highest BCUT2D eigenvalue weighted by Crippen LogP contribution is 2.22. The Kier molecular flexibility index (Phi) is 6.08. The lowest BCUT2D eigenvalue weighted by atomic mass is 9.87. The summed E-state index contributed by atoms with van der Waals surface area (Å²) in [6.07, 6.45) is 1.82. The van der Waals surface area contributed by atoms with E-state index in [4.69, 9.17) is 4.99 Å². The topological polar surface area (TPSA) is 56.6 Å². The molecule has 7 heteroatoms. The molecule has 0 aliphatic carbocycles. The van der Waals surface area contributed by atoms with E-state index in [9.17, 15) is 4.79 Å². The fourth-order valence-electron chi connectivity index (χ4n) is 3.58. The normalized spacial score (nSPS) is 12.7. The molecule has 2 heterocycles. The molecule has 0 aliphatic heterocycles. The third-order valence-electron chi connectivity index (χ3n) is 5.68. The van der Waals surface area contributed by atoms with Gasteiger partial charge in [-0.3, -0.25) is 9.48 Å². The van der Waals surface area contributed by atoms with Gasteiger partial charge < -0.3 is 0 Å².